The Hall–Kier alpha value is -1.11. The Morgan fingerprint density at radius 1 is 1.56 bits per heavy atom. The lowest BCUT2D eigenvalue weighted by Gasteiger charge is -2.38. The van der Waals surface area contributed by atoms with Gasteiger partial charge in [0.1, 0.15) is 0 Å². The van der Waals surface area contributed by atoms with Crippen LogP contribution in [-0.2, 0) is 6.54 Å². The van der Waals surface area contributed by atoms with Crippen LogP contribution in [0.1, 0.15) is 25.0 Å². The minimum absolute atomic E-state index is 0.158. The molecule has 3 N–H and O–H groups in total. The van der Waals surface area contributed by atoms with E-state index >= 15 is 0 Å². The van der Waals surface area contributed by atoms with Crippen LogP contribution in [0.4, 0.5) is 5.82 Å². The van der Waals surface area contributed by atoms with Gasteiger partial charge in [-0.2, -0.15) is 0 Å². The molecule has 6 heteroatoms. The van der Waals surface area contributed by atoms with Gasteiger partial charge < -0.3 is 15.7 Å². The summed E-state index contributed by atoms with van der Waals surface area (Å²) in [5, 5.41) is 11.3. The van der Waals surface area contributed by atoms with Crippen molar-refractivity contribution in [1.82, 2.24) is 9.38 Å². The van der Waals surface area contributed by atoms with Crippen LogP contribution in [0.3, 0.4) is 0 Å². The number of anilines is 1. The van der Waals surface area contributed by atoms with Crippen LogP contribution < -0.4 is 10.6 Å². The first kappa shape index (κ1) is 12.0. The van der Waals surface area contributed by atoms with Crippen molar-refractivity contribution >= 4 is 22.1 Å². The molecule has 0 atom stereocenters. The molecule has 2 aromatic heterocycles. The summed E-state index contributed by atoms with van der Waals surface area (Å²) in [7, 11) is 0. The van der Waals surface area contributed by atoms with E-state index in [-0.39, 0.29) is 6.61 Å². The van der Waals surface area contributed by atoms with Crippen LogP contribution in [-0.4, -0.2) is 33.7 Å². The number of imidazole rings is 1. The van der Waals surface area contributed by atoms with Crippen molar-refractivity contribution in [3.05, 3.63) is 17.3 Å². The van der Waals surface area contributed by atoms with E-state index in [2.05, 4.69) is 14.3 Å². The third-order valence-corrected chi connectivity index (χ3v) is 4.42. The van der Waals surface area contributed by atoms with Crippen molar-refractivity contribution in [2.75, 3.05) is 18.1 Å². The quantitative estimate of drug-likeness (QED) is 0.853. The second kappa shape index (κ2) is 4.87. The number of fused-ring (bicyclic) bond motifs is 1. The third-order valence-electron chi connectivity index (χ3n) is 3.66. The predicted molar refractivity (Wildman–Crippen MR) is 73.0 cm³/mol. The van der Waals surface area contributed by atoms with Crippen molar-refractivity contribution in [2.24, 2.45) is 5.73 Å². The van der Waals surface area contributed by atoms with Gasteiger partial charge in [-0.25, -0.2) is 4.98 Å². The number of aliphatic hydroxyl groups excluding tert-OH is 1. The van der Waals surface area contributed by atoms with Crippen LogP contribution >= 0.6 is 11.3 Å². The van der Waals surface area contributed by atoms with E-state index in [0.29, 0.717) is 19.1 Å². The molecule has 0 spiro atoms. The summed E-state index contributed by atoms with van der Waals surface area (Å²) in [6.07, 6.45) is 5.66. The first-order valence-electron chi connectivity index (χ1n) is 6.37. The number of thiazole rings is 1. The topological polar surface area (TPSA) is 66.8 Å². The highest BCUT2D eigenvalue weighted by atomic mass is 32.1. The minimum Gasteiger partial charge on any atom is -0.395 e. The number of rotatable bonds is 5. The number of nitrogens with zero attached hydrogens (tertiary/aromatic N) is 3. The van der Waals surface area contributed by atoms with Gasteiger partial charge in [0.15, 0.2) is 10.8 Å². The zero-order valence-electron chi connectivity index (χ0n) is 10.2. The molecule has 3 rings (SSSR count). The smallest absolute Gasteiger partial charge is 0.195 e. The first-order chi connectivity index (χ1) is 8.85. The second-order valence-electron chi connectivity index (χ2n) is 4.64. The van der Waals surface area contributed by atoms with Gasteiger partial charge in [0.2, 0.25) is 0 Å². The largest absolute Gasteiger partial charge is 0.395 e. The number of hydrogen-bond acceptors (Lipinski definition) is 5. The van der Waals surface area contributed by atoms with Gasteiger partial charge in [-0.1, -0.05) is 0 Å². The Kier molecular flexibility index (Phi) is 3.23. The Morgan fingerprint density at radius 3 is 3.00 bits per heavy atom. The Balaban J connectivity index is 2.01. The molecule has 0 bridgehead atoms. The molecule has 1 fully saturated rings. The van der Waals surface area contributed by atoms with E-state index in [1.54, 1.807) is 11.3 Å². The highest BCUT2D eigenvalue weighted by molar-refractivity contribution is 7.15. The average Bonchev–Trinajstić information content (AvgIpc) is 2.84. The maximum Gasteiger partial charge on any atom is 0.195 e. The zero-order valence-corrected chi connectivity index (χ0v) is 11.1. The molecule has 0 aliphatic heterocycles. The Bertz CT molecular complexity index is 531. The van der Waals surface area contributed by atoms with Gasteiger partial charge >= 0.3 is 0 Å². The number of hydrogen-bond donors (Lipinski definition) is 2. The fourth-order valence-corrected chi connectivity index (χ4v) is 3.24. The van der Waals surface area contributed by atoms with E-state index in [1.807, 2.05) is 11.6 Å². The van der Waals surface area contributed by atoms with Gasteiger partial charge in [0, 0.05) is 30.7 Å². The van der Waals surface area contributed by atoms with Crippen LogP contribution in [0.5, 0.6) is 0 Å². The zero-order chi connectivity index (χ0) is 12.5. The maximum absolute atomic E-state index is 9.25. The second-order valence-corrected chi connectivity index (χ2v) is 5.52. The van der Waals surface area contributed by atoms with E-state index in [4.69, 9.17) is 5.73 Å². The highest BCUT2D eigenvalue weighted by Gasteiger charge is 2.28. The molecule has 0 saturated heterocycles. The SMILES string of the molecule is NCc1c(N(CCO)C2CCC2)nc2sccn12. The molecule has 0 aromatic carbocycles. The van der Waals surface area contributed by atoms with Gasteiger partial charge in [-0.15, -0.1) is 11.3 Å². The van der Waals surface area contributed by atoms with E-state index < -0.39 is 0 Å². The Morgan fingerprint density at radius 2 is 2.39 bits per heavy atom. The van der Waals surface area contributed by atoms with Gasteiger partial charge in [0.25, 0.3) is 0 Å². The third kappa shape index (κ3) is 1.81. The molecule has 1 saturated carbocycles. The summed E-state index contributed by atoms with van der Waals surface area (Å²) in [5.74, 6) is 0.961. The molecular formula is C12H18N4OS. The molecule has 1 aliphatic rings. The Labute approximate surface area is 110 Å². The first-order valence-corrected chi connectivity index (χ1v) is 7.25. The van der Waals surface area contributed by atoms with E-state index in [0.717, 1.165) is 16.5 Å². The number of aliphatic hydroxyl groups is 1. The number of nitrogens with two attached hydrogens (primary N) is 1. The molecule has 2 aromatic rings. The molecule has 0 unspecified atom stereocenters. The van der Waals surface area contributed by atoms with Crippen molar-refractivity contribution in [3.8, 4) is 0 Å². The van der Waals surface area contributed by atoms with Crippen LogP contribution in [0, 0.1) is 0 Å². The summed E-state index contributed by atoms with van der Waals surface area (Å²) in [4.78, 5) is 7.89. The molecule has 98 valence electrons. The molecule has 18 heavy (non-hydrogen) atoms. The molecular weight excluding hydrogens is 248 g/mol. The van der Waals surface area contributed by atoms with Crippen molar-refractivity contribution < 1.29 is 5.11 Å². The predicted octanol–water partition coefficient (Wildman–Crippen LogP) is 1.21. The number of aromatic nitrogens is 2. The lowest BCUT2D eigenvalue weighted by Crippen LogP contribution is -2.42. The van der Waals surface area contributed by atoms with Crippen molar-refractivity contribution in [1.29, 1.82) is 0 Å². The molecule has 1 aliphatic carbocycles. The summed E-state index contributed by atoms with van der Waals surface area (Å²) in [5.41, 5.74) is 6.92. The molecule has 5 nitrogen and oxygen atoms in total. The molecule has 0 amide bonds. The standard InChI is InChI=1S/C12H18N4OS/c13-8-10-11(14-12-16(10)5-7-18-12)15(4-6-17)9-2-1-3-9/h5,7,9,17H,1-4,6,8,13H2. The molecule has 2 heterocycles. The van der Waals surface area contributed by atoms with Crippen molar-refractivity contribution in [2.45, 2.75) is 31.8 Å². The summed E-state index contributed by atoms with van der Waals surface area (Å²) in [6.45, 7) is 1.27. The lowest BCUT2D eigenvalue weighted by molar-refractivity contribution is 0.283. The van der Waals surface area contributed by atoms with Crippen LogP contribution in [0.25, 0.3) is 4.96 Å². The summed E-state index contributed by atoms with van der Waals surface area (Å²) >= 11 is 1.62. The highest BCUT2D eigenvalue weighted by Crippen LogP contribution is 2.32. The van der Waals surface area contributed by atoms with Gasteiger partial charge in [-0.05, 0) is 19.3 Å². The minimum atomic E-state index is 0.158. The average molecular weight is 266 g/mol. The van der Waals surface area contributed by atoms with Gasteiger partial charge in [0.05, 0.1) is 12.3 Å². The van der Waals surface area contributed by atoms with E-state index in [1.165, 1.54) is 19.3 Å². The fraction of sp³-hybridized carbons (Fsp3) is 0.583. The van der Waals surface area contributed by atoms with Crippen LogP contribution in [0.15, 0.2) is 11.6 Å². The van der Waals surface area contributed by atoms with E-state index in [9.17, 15) is 5.11 Å². The summed E-state index contributed by atoms with van der Waals surface area (Å²) < 4.78 is 2.06. The monoisotopic (exact) mass is 266 g/mol. The fourth-order valence-electron chi connectivity index (χ4n) is 2.51. The van der Waals surface area contributed by atoms with Crippen molar-refractivity contribution in [3.63, 3.8) is 0 Å². The normalized spacial score (nSPS) is 16.1. The lowest BCUT2D eigenvalue weighted by atomic mass is 9.91. The summed E-state index contributed by atoms with van der Waals surface area (Å²) in [6, 6.07) is 0.520. The molecule has 0 radical (unpaired) electrons. The van der Waals surface area contributed by atoms with Crippen LogP contribution in [0.2, 0.25) is 0 Å². The van der Waals surface area contributed by atoms with Gasteiger partial charge in [-0.3, -0.25) is 4.40 Å². The maximum atomic E-state index is 9.25.